The first-order chi connectivity index (χ1) is 9.74. The van der Waals surface area contributed by atoms with E-state index >= 15 is 0 Å². The maximum absolute atomic E-state index is 13.1. The van der Waals surface area contributed by atoms with E-state index in [1.807, 2.05) is 24.6 Å². The summed E-state index contributed by atoms with van der Waals surface area (Å²) in [6.45, 7) is 2.54. The third kappa shape index (κ3) is 2.58. The molecule has 2 heterocycles. The Morgan fingerprint density at radius 2 is 2.25 bits per heavy atom. The summed E-state index contributed by atoms with van der Waals surface area (Å²) in [4.78, 5) is 1.16. The van der Waals surface area contributed by atoms with Crippen LogP contribution in [-0.2, 0) is 6.54 Å². The molecule has 0 aliphatic heterocycles. The van der Waals surface area contributed by atoms with Crippen molar-refractivity contribution in [3.05, 3.63) is 58.9 Å². The van der Waals surface area contributed by atoms with Crippen molar-refractivity contribution in [2.75, 3.05) is 5.32 Å². The number of thiophene rings is 1. The smallest absolute Gasteiger partial charge is 0.123 e. The zero-order chi connectivity index (χ0) is 13.9. The number of rotatable bonds is 4. The Morgan fingerprint density at radius 3 is 3.00 bits per heavy atom. The average molecular weight is 287 g/mol. The van der Waals surface area contributed by atoms with Gasteiger partial charge in [-0.1, -0.05) is 6.07 Å². The normalized spacial score (nSPS) is 10.7. The molecular formula is C15H14FN3S. The van der Waals surface area contributed by atoms with Gasteiger partial charge in [0.2, 0.25) is 0 Å². The van der Waals surface area contributed by atoms with Crippen LogP contribution in [0.3, 0.4) is 0 Å². The van der Waals surface area contributed by atoms with Crippen LogP contribution in [0.25, 0.3) is 10.6 Å². The van der Waals surface area contributed by atoms with Crippen molar-refractivity contribution in [3.8, 4) is 10.6 Å². The molecule has 2 aromatic heterocycles. The fourth-order valence-electron chi connectivity index (χ4n) is 2.10. The molecule has 0 saturated carbocycles. The number of aromatic nitrogens is 2. The number of aromatic amines is 1. The quantitative estimate of drug-likeness (QED) is 0.755. The van der Waals surface area contributed by atoms with Crippen LogP contribution in [0, 0.1) is 12.7 Å². The van der Waals surface area contributed by atoms with Crippen LogP contribution in [-0.4, -0.2) is 10.2 Å². The Bertz CT molecular complexity index is 704. The largest absolute Gasteiger partial charge is 0.381 e. The molecule has 5 heteroatoms. The van der Waals surface area contributed by atoms with E-state index < -0.39 is 0 Å². The SMILES string of the molecule is Cc1cc(F)ccc1NCc1cn[nH]c1-c1cccs1. The van der Waals surface area contributed by atoms with Crippen LogP contribution in [0.4, 0.5) is 10.1 Å². The Morgan fingerprint density at radius 1 is 1.35 bits per heavy atom. The van der Waals surface area contributed by atoms with Gasteiger partial charge in [-0.25, -0.2) is 4.39 Å². The number of hydrogen-bond donors (Lipinski definition) is 2. The summed E-state index contributed by atoms with van der Waals surface area (Å²) in [5.41, 5.74) is 3.96. The molecule has 0 saturated heterocycles. The summed E-state index contributed by atoms with van der Waals surface area (Å²) in [5, 5.41) is 12.5. The number of H-pyrrole nitrogens is 1. The van der Waals surface area contributed by atoms with Crippen molar-refractivity contribution < 1.29 is 4.39 Å². The third-order valence-corrected chi connectivity index (χ3v) is 4.03. The number of hydrogen-bond acceptors (Lipinski definition) is 3. The van der Waals surface area contributed by atoms with Crippen LogP contribution in [0.1, 0.15) is 11.1 Å². The Kier molecular flexibility index (Phi) is 3.52. The molecule has 0 aliphatic rings. The van der Waals surface area contributed by atoms with Gasteiger partial charge in [0.05, 0.1) is 16.8 Å². The highest BCUT2D eigenvalue weighted by molar-refractivity contribution is 7.13. The number of aryl methyl sites for hydroxylation is 1. The van der Waals surface area contributed by atoms with Crippen molar-refractivity contribution in [1.82, 2.24) is 10.2 Å². The molecular weight excluding hydrogens is 273 g/mol. The molecule has 0 aliphatic carbocycles. The van der Waals surface area contributed by atoms with Gasteiger partial charge < -0.3 is 5.32 Å². The van der Waals surface area contributed by atoms with E-state index in [9.17, 15) is 4.39 Å². The van der Waals surface area contributed by atoms with Gasteiger partial charge in [0, 0.05) is 17.8 Å². The molecule has 1 aromatic carbocycles. The third-order valence-electron chi connectivity index (χ3n) is 3.14. The van der Waals surface area contributed by atoms with Crippen LogP contribution in [0.2, 0.25) is 0 Å². The van der Waals surface area contributed by atoms with Gasteiger partial charge in [-0.05, 0) is 42.1 Å². The summed E-state index contributed by atoms with van der Waals surface area (Å²) < 4.78 is 13.1. The molecule has 0 radical (unpaired) electrons. The summed E-state index contributed by atoms with van der Waals surface area (Å²) in [6, 6.07) is 8.82. The Hall–Kier alpha value is -2.14. The summed E-state index contributed by atoms with van der Waals surface area (Å²) in [7, 11) is 0. The van der Waals surface area contributed by atoms with Crippen molar-refractivity contribution in [2.45, 2.75) is 13.5 Å². The highest BCUT2D eigenvalue weighted by Gasteiger charge is 2.09. The monoisotopic (exact) mass is 287 g/mol. The molecule has 3 rings (SSSR count). The molecule has 0 spiro atoms. The van der Waals surface area contributed by atoms with E-state index in [1.54, 1.807) is 17.4 Å². The van der Waals surface area contributed by atoms with E-state index in [0.29, 0.717) is 6.54 Å². The van der Waals surface area contributed by atoms with Gasteiger partial charge in [-0.2, -0.15) is 5.10 Å². The first kappa shape index (κ1) is 12.9. The molecule has 0 amide bonds. The predicted molar refractivity (Wildman–Crippen MR) is 80.4 cm³/mol. The summed E-state index contributed by atoms with van der Waals surface area (Å²) in [6.07, 6.45) is 1.82. The van der Waals surface area contributed by atoms with Crippen molar-refractivity contribution in [1.29, 1.82) is 0 Å². The molecule has 0 atom stereocenters. The zero-order valence-corrected chi connectivity index (χ0v) is 11.8. The van der Waals surface area contributed by atoms with E-state index in [-0.39, 0.29) is 5.82 Å². The van der Waals surface area contributed by atoms with Gasteiger partial charge in [0.25, 0.3) is 0 Å². The lowest BCUT2D eigenvalue weighted by molar-refractivity contribution is 0.627. The van der Waals surface area contributed by atoms with Gasteiger partial charge in [-0.3, -0.25) is 5.10 Å². The minimum absolute atomic E-state index is 0.212. The lowest BCUT2D eigenvalue weighted by atomic mass is 10.1. The first-order valence-electron chi connectivity index (χ1n) is 6.30. The van der Waals surface area contributed by atoms with Crippen molar-refractivity contribution in [2.24, 2.45) is 0 Å². The number of nitrogens with one attached hydrogen (secondary N) is 2. The van der Waals surface area contributed by atoms with Crippen LogP contribution >= 0.6 is 11.3 Å². The predicted octanol–water partition coefficient (Wildman–Crippen LogP) is 4.20. The molecule has 20 heavy (non-hydrogen) atoms. The number of benzene rings is 1. The Labute approximate surface area is 120 Å². The highest BCUT2D eigenvalue weighted by atomic mass is 32.1. The second-order valence-corrected chi connectivity index (χ2v) is 5.51. The fraction of sp³-hybridized carbons (Fsp3) is 0.133. The number of halogens is 1. The van der Waals surface area contributed by atoms with E-state index in [2.05, 4.69) is 21.6 Å². The minimum atomic E-state index is -0.212. The number of anilines is 1. The fourth-order valence-corrected chi connectivity index (χ4v) is 2.85. The lowest BCUT2D eigenvalue weighted by Gasteiger charge is -2.09. The van der Waals surface area contributed by atoms with Gasteiger partial charge in [0.1, 0.15) is 5.82 Å². The van der Waals surface area contributed by atoms with Crippen LogP contribution < -0.4 is 5.32 Å². The standard InChI is InChI=1S/C15H14FN3S/c1-10-7-12(16)4-5-13(10)17-8-11-9-18-19-15(11)14-3-2-6-20-14/h2-7,9,17H,8H2,1H3,(H,18,19). The molecule has 3 aromatic rings. The first-order valence-corrected chi connectivity index (χ1v) is 7.18. The highest BCUT2D eigenvalue weighted by Crippen LogP contribution is 2.26. The average Bonchev–Trinajstić information content (AvgIpc) is 3.08. The number of nitrogens with zero attached hydrogens (tertiary/aromatic N) is 1. The van der Waals surface area contributed by atoms with Crippen molar-refractivity contribution >= 4 is 17.0 Å². The van der Waals surface area contributed by atoms with Gasteiger partial charge in [-0.15, -0.1) is 11.3 Å². The van der Waals surface area contributed by atoms with Gasteiger partial charge >= 0.3 is 0 Å². The van der Waals surface area contributed by atoms with E-state index in [4.69, 9.17) is 0 Å². The molecule has 0 bridgehead atoms. The molecule has 0 fully saturated rings. The molecule has 0 unspecified atom stereocenters. The zero-order valence-electron chi connectivity index (χ0n) is 11.0. The summed E-state index contributed by atoms with van der Waals surface area (Å²) >= 11 is 1.67. The second kappa shape index (κ2) is 5.46. The van der Waals surface area contributed by atoms with Crippen molar-refractivity contribution in [3.63, 3.8) is 0 Å². The molecule has 2 N–H and O–H groups in total. The van der Waals surface area contributed by atoms with E-state index in [0.717, 1.165) is 27.4 Å². The maximum Gasteiger partial charge on any atom is 0.123 e. The lowest BCUT2D eigenvalue weighted by Crippen LogP contribution is -2.01. The maximum atomic E-state index is 13.1. The second-order valence-electron chi connectivity index (χ2n) is 4.56. The topological polar surface area (TPSA) is 40.7 Å². The summed E-state index contributed by atoms with van der Waals surface area (Å²) in [5.74, 6) is -0.212. The molecule has 3 nitrogen and oxygen atoms in total. The molecule has 102 valence electrons. The van der Waals surface area contributed by atoms with Gasteiger partial charge in [0.15, 0.2) is 0 Å². The minimum Gasteiger partial charge on any atom is -0.381 e. The van der Waals surface area contributed by atoms with Crippen LogP contribution in [0.5, 0.6) is 0 Å². The van der Waals surface area contributed by atoms with Crippen LogP contribution in [0.15, 0.2) is 41.9 Å². The Balaban J connectivity index is 1.78. The van der Waals surface area contributed by atoms with E-state index in [1.165, 1.54) is 12.1 Å².